The molecule has 0 saturated carbocycles. The lowest BCUT2D eigenvalue weighted by Gasteiger charge is -2.39. The number of aliphatic imine (C=N–C) groups is 1. The maximum Gasteiger partial charge on any atom is 0.403 e. The van der Waals surface area contributed by atoms with Gasteiger partial charge in [0.05, 0.1) is 6.54 Å². The Bertz CT molecular complexity index is 703. The number of primary amides is 1. The number of rotatable bonds is 7. The van der Waals surface area contributed by atoms with E-state index < -0.39 is 18.1 Å². The molecular weight excluding hydrogens is 387 g/mol. The number of carbonyl (C=O) groups is 1. The summed E-state index contributed by atoms with van der Waals surface area (Å²) >= 11 is 0. The smallest absolute Gasteiger partial charge is 0.403 e. The quantitative estimate of drug-likeness (QED) is 0.522. The Labute approximate surface area is 168 Å². The number of hydrogen-bond donors (Lipinski definition) is 2. The van der Waals surface area contributed by atoms with E-state index in [1.165, 1.54) is 11.8 Å². The zero-order valence-electron chi connectivity index (χ0n) is 16.7. The molecule has 3 N–H and O–H groups in total. The Morgan fingerprint density at radius 3 is 2.59 bits per heavy atom. The van der Waals surface area contributed by atoms with Gasteiger partial charge >= 0.3 is 6.18 Å². The first-order valence-corrected chi connectivity index (χ1v) is 9.54. The van der Waals surface area contributed by atoms with Crippen molar-refractivity contribution in [2.75, 3.05) is 39.3 Å². The van der Waals surface area contributed by atoms with Crippen LogP contribution in [0.5, 0.6) is 5.75 Å². The summed E-state index contributed by atoms with van der Waals surface area (Å²) in [7, 11) is 0. The van der Waals surface area contributed by atoms with Crippen molar-refractivity contribution >= 4 is 11.9 Å². The number of nitrogens with zero attached hydrogens (tertiary/aromatic N) is 3. The van der Waals surface area contributed by atoms with E-state index in [4.69, 9.17) is 10.5 Å². The molecule has 1 atom stereocenters. The maximum absolute atomic E-state index is 12.9. The molecule has 1 saturated heterocycles. The van der Waals surface area contributed by atoms with Crippen molar-refractivity contribution in [1.29, 1.82) is 0 Å². The molecule has 2 rings (SSSR count). The van der Waals surface area contributed by atoms with Gasteiger partial charge in [0.1, 0.15) is 11.8 Å². The summed E-state index contributed by atoms with van der Waals surface area (Å²) < 4.78 is 44.1. The molecule has 162 valence electrons. The van der Waals surface area contributed by atoms with E-state index in [-0.39, 0.29) is 6.61 Å². The van der Waals surface area contributed by atoms with Crippen molar-refractivity contribution in [1.82, 2.24) is 15.1 Å². The van der Waals surface area contributed by atoms with E-state index in [1.54, 1.807) is 18.2 Å². The van der Waals surface area contributed by atoms with E-state index in [1.807, 2.05) is 17.9 Å². The molecular formula is C19H28F3N5O2. The number of amides is 1. The van der Waals surface area contributed by atoms with Crippen LogP contribution in [0.25, 0.3) is 0 Å². The van der Waals surface area contributed by atoms with Gasteiger partial charge in [0, 0.05) is 32.7 Å². The molecule has 1 unspecified atom stereocenters. The van der Waals surface area contributed by atoms with Crippen molar-refractivity contribution < 1.29 is 22.7 Å². The zero-order valence-corrected chi connectivity index (χ0v) is 16.7. The molecule has 0 bridgehead atoms. The fraction of sp³-hybridized carbons (Fsp3) is 0.579. The molecule has 0 aromatic heterocycles. The summed E-state index contributed by atoms with van der Waals surface area (Å²) in [5.41, 5.74) is 5.96. The fourth-order valence-electron chi connectivity index (χ4n) is 3.01. The number of carbonyl (C=O) groups excluding carboxylic acids is 1. The van der Waals surface area contributed by atoms with Crippen LogP contribution in [0, 0.1) is 0 Å². The maximum atomic E-state index is 12.9. The fourth-order valence-corrected chi connectivity index (χ4v) is 3.01. The molecule has 0 aliphatic carbocycles. The largest absolute Gasteiger partial charge is 0.484 e. The van der Waals surface area contributed by atoms with Gasteiger partial charge in [-0.2, -0.15) is 13.2 Å². The minimum atomic E-state index is -4.22. The summed E-state index contributed by atoms with van der Waals surface area (Å²) in [4.78, 5) is 18.9. The van der Waals surface area contributed by atoms with Gasteiger partial charge in [-0.25, -0.2) is 4.99 Å². The molecule has 29 heavy (non-hydrogen) atoms. The highest BCUT2D eigenvalue weighted by molar-refractivity contribution is 5.80. The Kier molecular flexibility index (Phi) is 8.12. The summed E-state index contributed by atoms with van der Waals surface area (Å²) in [5.74, 6) is 0.633. The van der Waals surface area contributed by atoms with E-state index in [0.717, 1.165) is 5.56 Å². The second kappa shape index (κ2) is 10.3. The van der Waals surface area contributed by atoms with E-state index >= 15 is 0 Å². The predicted molar refractivity (Wildman–Crippen MR) is 105 cm³/mol. The lowest BCUT2D eigenvalue weighted by Crippen LogP contribution is -2.56. The topological polar surface area (TPSA) is 83.2 Å². The lowest BCUT2D eigenvalue weighted by atomic mass is 10.2. The number of alkyl halides is 3. The first-order valence-electron chi connectivity index (χ1n) is 9.54. The van der Waals surface area contributed by atoms with Crippen molar-refractivity contribution in [3.05, 3.63) is 29.8 Å². The molecule has 1 amide bonds. The number of nitrogens with one attached hydrogen (secondary N) is 1. The Balaban J connectivity index is 1.98. The summed E-state index contributed by atoms with van der Waals surface area (Å²) in [6.07, 6.45) is -4.22. The molecule has 1 aliphatic rings. The monoisotopic (exact) mass is 415 g/mol. The Morgan fingerprint density at radius 2 is 2.00 bits per heavy atom. The van der Waals surface area contributed by atoms with Gasteiger partial charge in [0.15, 0.2) is 12.6 Å². The van der Waals surface area contributed by atoms with Gasteiger partial charge in [-0.1, -0.05) is 12.1 Å². The molecule has 1 aromatic rings. The molecule has 1 aromatic carbocycles. The van der Waals surface area contributed by atoms with Crippen LogP contribution >= 0.6 is 0 Å². The standard InChI is InChI=1S/C19H28F3N5O2/c1-3-24-18(27-9-7-26(8-10-27)14(2)19(20,21)22)25-12-15-5-4-6-16(11-15)29-13-17(23)28/h4-6,11,14H,3,7-10,12-13H2,1-2H3,(H2,23,28)(H,24,25). The van der Waals surface area contributed by atoms with E-state index in [0.29, 0.717) is 51.0 Å². The highest BCUT2D eigenvalue weighted by Crippen LogP contribution is 2.25. The highest BCUT2D eigenvalue weighted by atomic mass is 19.4. The molecule has 7 nitrogen and oxygen atoms in total. The number of ether oxygens (including phenoxy) is 1. The number of hydrogen-bond acceptors (Lipinski definition) is 4. The Hall–Kier alpha value is -2.49. The average molecular weight is 415 g/mol. The third kappa shape index (κ3) is 7.12. The van der Waals surface area contributed by atoms with Gasteiger partial charge in [0.25, 0.3) is 5.91 Å². The number of piperazine rings is 1. The van der Waals surface area contributed by atoms with Crippen molar-refractivity contribution in [2.24, 2.45) is 10.7 Å². The number of halogens is 3. The van der Waals surface area contributed by atoms with Crippen LogP contribution < -0.4 is 15.8 Å². The van der Waals surface area contributed by atoms with Gasteiger partial charge in [-0.3, -0.25) is 9.69 Å². The van der Waals surface area contributed by atoms with Crippen LogP contribution in [0.15, 0.2) is 29.3 Å². The summed E-state index contributed by atoms with van der Waals surface area (Å²) in [6, 6.07) is 5.73. The SMILES string of the molecule is CCNC(=NCc1cccc(OCC(N)=O)c1)N1CCN(C(C)C(F)(F)F)CC1. The molecule has 1 heterocycles. The van der Waals surface area contributed by atoms with Crippen molar-refractivity contribution in [3.63, 3.8) is 0 Å². The van der Waals surface area contributed by atoms with Gasteiger partial charge < -0.3 is 20.7 Å². The summed E-state index contributed by atoms with van der Waals surface area (Å²) in [5, 5.41) is 3.19. The second-order valence-electron chi connectivity index (χ2n) is 6.81. The number of benzene rings is 1. The van der Waals surface area contributed by atoms with Crippen molar-refractivity contribution in [2.45, 2.75) is 32.6 Å². The normalized spacial score (nSPS) is 17.1. The minimum Gasteiger partial charge on any atom is -0.484 e. The number of guanidine groups is 1. The molecule has 0 spiro atoms. The third-order valence-corrected chi connectivity index (χ3v) is 4.66. The average Bonchev–Trinajstić information content (AvgIpc) is 2.69. The second-order valence-corrected chi connectivity index (χ2v) is 6.81. The zero-order chi connectivity index (χ0) is 21.4. The predicted octanol–water partition coefficient (Wildman–Crippen LogP) is 1.58. The highest BCUT2D eigenvalue weighted by Gasteiger charge is 2.41. The molecule has 10 heteroatoms. The number of nitrogens with two attached hydrogens (primary N) is 1. The van der Waals surface area contributed by atoms with Gasteiger partial charge in [-0.05, 0) is 31.5 Å². The first kappa shape index (κ1) is 22.8. The lowest BCUT2D eigenvalue weighted by molar-refractivity contribution is -0.181. The van der Waals surface area contributed by atoms with Gasteiger partial charge in [0.2, 0.25) is 0 Å². The van der Waals surface area contributed by atoms with Crippen molar-refractivity contribution in [3.8, 4) is 5.75 Å². The summed E-state index contributed by atoms with van der Waals surface area (Å²) in [6.45, 7) is 5.54. The van der Waals surface area contributed by atoms with E-state index in [9.17, 15) is 18.0 Å². The minimum absolute atomic E-state index is 0.198. The first-order chi connectivity index (χ1) is 13.7. The third-order valence-electron chi connectivity index (χ3n) is 4.66. The van der Waals surface area contributed by atoms with Gasteiger partial charge in [-0.15, -0.1) is 0 Å². The molecule has 0 radical (unpaired) electrons. The van der Waals surface area contributed by atoms with Crippen LogP contribution in [-0.2, 0) is 11.3 Å². The van der Waals surface area contributed by atoms with E-state index in [2.05, 4.69) is 10.3 Å². The molecule has 1 aliphatic heterocycles. The van der Waals surface area contributed by atoms with Crippen LogP contribution in [-0.4, -0.2) is 73.2 Å². The molecule has 1 fully saturated rings. The Morgan fingerprint density at radius 1 is 1.31 bits per heavy atom. The van der Waals surface area contributed by atoms with Crippen LogP contribution in [0.1, 0.15) is 19.4 Å². The van der Waals surface area contributed by atoms with Crippen LogP contribution in [0.3, 0.4) is 0 Å². The van der Waals surface area contributed by atoms with Crippen LogP contribution in [0.2, 0.25) is 0 Å². The van der Waals surface area contributed by atoms with Crippen LogP contribution in [0.4, 0.5) is 13.2 Å².